The Labute approximate surface area is 304 Å². The van der Waals surface area contributed by atoms with Crippen LogP contribution in [0.5, 0.6) is 0 Å². The Balaban J connectivity index is 1.29. The maximum Gasteiger partial charge on any atom is 0.0746 e. The predicted octanol–water partition coefficient (Wildman–Crippen LogP) is 13.1. The molecule has 0 amide bonds. The number of fused-ring (bicyclic) bond motifs is 14. The van der Waals surface area contributed by atoms with Crippen molar-refractivity contribution in [3.63, 3.8) is 0 Å². The zero-order valence-corrected chi connectivity index (χ0v) is 29.2. The van der Waals surface area contributed by atoms with Gasteiger partial charge in [-0.2, -0.15) is 0 Å². The quantitative estimate of drug-likeness (QED) is 0.178. The van der Waals surface area contributed by atoms with Gasteiger partial charge in [0.2, 0.25) is 0 Å². The van der Waals surface area contributed by atoms with Crippen molar-refractivity contribution >= 4 is 21.8 Å². The lowest BCUT2D eigenvalue weighted by Crippen LogP contribution is -2.26. The molecule has 1 heterocycles. The van der Waals surface area contributed by atoms with Crippen LogP contribution in [0.2, 0.25) is 0 Å². The molecule has 244 valence electrons. The van der Waals surface area contributed by atoms with Crippen LogP contribution in [-0.4, -0.2) is 4.57 Å². The van der Waals surface area contributed by atoms with Crippen molar-refractivity contribution in [3.05, 3.63) is 209 Å². The Morgan fingerprint density at radius 3 is 1.44 bits per heavy atom. The number of aryl methyl sites for hydroxylation is 2. The Bertz CT molecular complexity index is 2860. The van der Waals surface area contributed by atoms with Crippen molar-refractivity contribution in [1.82, 2.24) is 4.57 Å². The predicted molar refractivity (Wildman–Crippen MR) is 217 cm³/mol. The third kappa shape index (κ3) is 3.78. The molecule has 2 aliphatic rings. The molecule has 8 aromatic carbocycles. The van der Waals surface area contributed by atoms with Gasteiger partial charge >= 0.3 is 0 Å². The highest BCUT2D eigenvalue weighted by Crippen LogP contribution is 2.64. The van der Waals surface area contributed by atoms with Crippen molar-refractivity contribution in [2.45, 2.75) is 19.3 Å². The first kappa shape index (κ1) is 29.3. The van der Waals surface area contributed by atoms with Gasteiger partial charge in [-0.05, 0) is 110 Å². The van der Waals surface area contributed by atoms with Crippen molar-refractivity contribution in [2.24, 2.45) is 0 Å². The van der Waals surface area contributed by atoms with Crippen LogP contribution in [0.3, 0.4) is 0 Å². The van der Waals surface area contributed by atoms with E-state index in [-0.39, 0.29) is 0 Å². The van der Waals surface area contributed by atoms with E-state index >= 15 is 0 Å². The average molecular weight is 662 g/mol. The van der Waals surface area contributed by atoms with Crippen LogP contribution < -0.4 is 0 Å². The molecule has 0 aliphatic heterocycles. The minimum Gasteiger partial charge on any atom is -0.309 e. The number of nitrogens with zero attached hydrogens (tertiary/aromatic N) is 1. The molecule has 1 spiro atoms. The van der Waals surface area contributed by atoms with Crippen LogP contribution in [0, 0.1) is 13.8 Å². The summed E-state index contributed by atoms with van der Waals surface area (Å²) >= 11 is 0. The minimum absolute atomic E-state index is 0.454. The first-order valence-electron chi connectivity index (χ1n) is 18.3. The molecule has 0 atom stereocenters. The lowest BCUT2D eigenvalue weighted by atomic mass is 9.70. The normalized spacial score (nSPS) is 13.3. The van der Waals surface area contributed by atoms with E-state index in [1.54, 1.807) is 0 Å². The topological polar surface area (TPSA) is 4.93 Å². The molecule has 0 saturated carbocycles. The molecule has 0 unspecified atom stereocenters. The molecular formula is C51H35N. The lowest BCUT2D eigenvalue weighted by Gasteiger charge is -2.31. The minimum atomic E-state index is -0.454. The van der Waals surface area contributed by atoms with E-state index in [9.17, 15) is 0 Å². The van der Waals surface area contributed by atoms with Crippen LogP contribution in [0.1, 0.15) is 33.4 Å². The number of benzene rings is 8. The summed E-state index contributed by atoms with van der Waals surface area (Å²) in [5, 5.41) is 2.55. The van der Waals surface area contributed by atoms with E-state index in [0.29, 0.717) is 0 Å². The smallest absolute Gasteiger partial charge is 0.0746 e. The van der Waals surface area contributed by atoms with Crippen LogP contribution in [0.15, 0.2) is 176 Å². The van der Waals surface area contributed by atoms with Gasteiger partial charge in [0.15, 0.2) is 0 Å². The van der Waals surface area contributed by atoms with Gasteiger partial charge in [-0.25, -0.2) is 0 Å². The standard InChI is InChI=1S/C51H35N/c1-32-13-3-5-15-37(32)34-23-26-36(27-24-34)52-48-30-25-35(38-16-6-4-14-33(38)2)31-44(48)43-29-28-42-41-19-9-12-22-47(41)51(49(42)50(43)52)45-20-10-7-17-39(45)40-18-8-11-21-46(40)51/h3-31H,1-2H3. The van der Waals surface area contributed by atoms with E-state index in [1.807, 2.05) is 0 Å². The lowest BCUT2D eigenvalue weighted by molar-refractivity contribution is 0.797. The van der Waals surface area contributed by atoms with E-state index in [1.165, 1.54) is 105 Å². The maximum atomic E-state index is 2.56. The molecule has 1 nitrogen and oxygen atoms in total. The second-order valence-electron chi connectivity index (χ2n) is 14.5. The molecular weight excluding hydrogens is 627 g/mol. The molecule has 1 heteroatoms. The Morgan fingerprint density at radius 2 is 0.865 bits per heavy atom. The summed E-state index contributed by atoms with van der Waals surface area (Å²) in [5.74, 6) is 0. The number of aromatic nitrogens is 1. The monoisotopic (exact) mass is 661 g/mol. The molecule has 0 fully saturated rings. The average Bonchev–Trinajstić information content (AvgIpc) is 3.80. The highest BCUT2D eigenvalue weighted by atomic mass is 15.0. The molecule has 9 aromatic rings. The van der Waals surface area contributed by atoms with Gasteiger partial charge in [-0.1, -0.05) is 152 Å². The van der Waals surface area contributed by atoms with Gasteiger partial charge < -0.3 is 4.57 Å². The summed E-state index contributed by atoms with van der Waals surface area (Å²) in [6.07, 6.45) is 0. The summed E-state index contributed by atoms with van der Waals surface area (Å²) < 4.78 is 2.56. The SMILES string of the molecule is Cc1ccccc1-c1ccc(-n2c3ccc(-c4ccccc4C)cc3c3ccc4c(c32)C2(c3ccccc3-c3ccccc32)c2ccccc2-4)cc1. The van der Waals surface area contributed by atoms with E-state index in [4.69, 9.17) is 0 Å². The Morgan fingerprint density at radius 1 is 0.385 bits per heavy atom. The number of hydrogen-bond acceptors (Lipinski definition) is 0. The van der Waals surface area contributed by atoms with Gasteiger partial charge in [0.25, 0.3) is 0 Å². The Kier molecular flexibility index (Phi) is 6.08. The van der Waals surface area contributed by atoms with Gasteiger partial charge in [0, 0.05) is 22.0 Å². The van der Waals surface area contributed by atoms with Gasteiger partial charge in [-0.15, -0.1) is 0 Å². The fraction of sp³-hybridized carbons (Fsp3) is 0.0588. The molecule has 0 bridgehead atoms. The summed E-state index contributed by atoms with van der Waals surface area (Å²) in [5.41, 5.74) is 21.5. The van der Waals surface area contributed by atoms with Gasteiger partial charge in [-0.3, -0.25) is 0 Å². The molecule has 11 rings (SSSR count). The molecule has 1 aromatic heterocycles. The highest BCUT2D eigenvalue weighted by Gasteiger charge is 2.53. The van der Waals surface area contributed by atoms with Gasteiger partial charge in [0.1, 0.15) is 0 Å². The zero-order chi connectivity index (χ0) is 34.6. The fourth-order valence-electron chi connectivity index (χ4n) is 9.71. The first-order valence-corrected chi connectivity index (χ1v) is 18.3. The zero-order valence-electron chi connectivity index (χ0n) is 29.2. The van der Waals surface area contributed by atoms with Crippen molar-refractivity contribution in [2.75, 3.05) is 0 Å². The van der Waals surface area contributed by atoms with E-state index < -0.39 is 5.41 Å². The molecule has 52 heavy (non-hydrogen) atoms. The van der Waals surface area contributed by atoms with Crippen LogP contribution in [0.25, 0.3) is 72.0 Å². The van der Waals surface area contributed by atoms with Gasteiger partial charge in [0.05, 0.1) is 16.4 Å². The third-order valence-corrected chi connectivity index (χ3v) is 11.9. The van der Waals surface area contributed by atoms with Crippen molar-refractivity contribution in [3.8, 4) is 50.2 Å². The summed E-state index contributed by atoms with van der Waals surface area (Å²) in [6, 6.07) is 65.9. The molecule has 0 saturated heterocycles. The molecule has 0 N–H and O–H groups in total. The van der Waals surface area contributed by atoms with E-state index in [0.717, 1.165) is 0 Å². The summed E-state index contributed by atoms with van der Waals surface area (Å²) in [7, 11) is 0. The highest BCUT2D eigenvalue weighted by molar-refractivity contribution is 6.15. The van der Waals surface area contributed by atoms with Crippen molar-refractivity contribution in [1.29, 1.82) is 0 Å². The maximum absolute atomic E-state index is 2.56. The van der Waals surface area contributed by atoms with E-state index in [2.05, 4.69) is 194 Å². The third-order valence-electron chi connectivity index (χ3n) is 11.9. The largest absolute Gasteiger partial charge is 0.309 e. The second-order valence-corrected chi connectivity index (χ2v) is 14.5. The van der Waals surface area contributed by atoms with Crippen molar-refractivity contribution < 1.29 is 0 Å². The summed E-state index contributed by atoms with van der Waals surface area (Å²) in [6.45, 7) is 4.40. The Hall–Kier alpha value is -6.44. The molecule has 2 aliphatic carbocycles. The fourth-order valence-corrected chi connectivity index (χ4v) is 9.71. The second kappa shape index (κ2) is 10.8. The number of hydrogen-bond donors (Lipinski definition) is 0. The first-order chi connectivity index (χ1) is 25.6. The van der Waals surface area contributed by atoms with Crippen LogP contribution in [-0.2, 0) is 5.41 Å². The van der Waals surface area contributed by atoms with Crippen LogP contribution >= 0.6 is 0 Å². The summed E-state index contributed by atoms with van der Waals surface area (Å²) in [4.78, 5) is 0. The van der Waals surface area contributed by atoms with Crippen LogP contribution in [0.4, 0.5) is 0 Å². The number of rotatable bonds is 3. The molecule has 0 radical (unpaired) electrons.